The maximum Gasteiger partial charge on any atom is 0.195 e. The molecule has 1 aliphatic heterocycles. The van der Waals surface area contributed by atoms with Gasteiger partial charge >= 0.3 is 0 Å². The lowest BCUT2D eigenvalue weighted by Gasteiger charge is -2.22. The highest BCUT2D eigenvalue weighted by Gasteiger charge is 2.15. The number of aliphatic imine (C=N–C) groups is 1. The van der Waals surface area contributed by atoms with Gasteiger partial charge in [-0.15, -0.1) is 10.2 Å². The molecule has 0 aliphatic carbocycles. The molecule has 2 rings (SSSR count). The highest BCUT2D eigenvalue weighted by Crippen LogP contribution is 2.14. The van der Waals surface area contributed by atoms with Gasteiger partial charge in [0.05, 0.1) is 0 Å². The van der Waals surface area contributed by atoms with Crippen molar-refractivity contribution >= 4 is 5.96 Å². The second-order valence-corrected chi connectivity index (χ2v) is 5.05. The average molecular weight is 250 g/mol. The Morgan fingerprint density at radius 1 is 1.17 bits per heavy atom. The predicted molar refractivity (Wildman–Crippen MR) is 71.5 cm³/mol. The summed E-state index contributed by atoms with van der Waals surface area (Å²) in [6, 6.07) is 0. The molecule has 0 amide bonds. The first-order valence-corrected chi connectivity index (χ1v) is 6.39. The zero-order valence-electron chi connectivity index (χ0n) is 11.7. The molecule has 1 aromatic rings. The molecule has 0 saturated carbocycles. The fourth-order valence-corrected chi connectivity index (χ4v) is 2.31. The minimum atomic E-state index is 0.596. The Hall–Kier alpha value is -1.59. The van der Waals surface area contributed by atoms with E-state index in [0.29, 0.717) is 6.54 Å². The van der Waals surface area contributed by atoms with E-state index in [9.17, 15) is 0 Å². The van der Waals surface area contributed by atoms with Crippen LogP contribution in [-0.4, -0.2) is 58.7 Å². The van der Waals surface area contributed by atoms with Crippen molar-refractivity contribution in [3.8, 4) is 0 Å². The largest absolute Gasteiger partial charge is 0.349 e. The molecule has 0 radical (unpaired) electrons. The summed E-state index contributed by atoms with van der Waals surface area (Å²) >= 11 is 0. The minimum Gasteiger partial charge on any atom is -0.349 e. The second-order valence-electron chi connectivity index (χ2n) is 5.05. The minimum absolute atomic E-state index is 0.596. The van der Waals surface area contributed by atoms with E-state index in [2.05, 4.69) is 19.8 Å². The van der Waals surface area contributed by atoms with Crippen LogP contribution in [-0.2, 0) is 19.5 Å². The van der Waals surface area contributed by atoms with E-state index in [1.165, 1.54) is 12.8 Å². The van der Waals surface area contributed by atoms with Crippen LogP contribution in [0.25, 0.3) is 0 Å². The van der Waals surface area contributed by atoms with Gasteiger partial charge in [-0.3, -0.25) is 0 Å². The van der Waals surface area contributed by atoms with Gasteiger partial charge in [-0.05, 0) is 12.8 Å². The van der Waals surface area contributed by atoms with Crippen LogP contribution >= 0.6 is 0 Å². The third-order valence-electron chi connectivity index (χ3n) is 3.10. The Kier molecular flexibility index (Phi) is 3.84. The van der Waals surface area contributed by atoms with Crippen molar-refractivity contribution in [2.24, 2.45) is 4.99 Å². The molecule has 18 heavy (non-hydrogen) atoms. The SMILES string of the molecule is CN(C)C(=NCc1nnc2n1CCCC2)N(C)C. The van der Waals surface area contributed by atoms with Crippen molar-refractivity contribution < 1.29 is 0 Å². The fraction of sp³-hybridized carbons (Fsp3) is 0.750. The first kappa shape index (κ1) is 12.9. The molecule has 1 aromatic heterocycles. The van der Waals surface area contributed by atoms with Crippen LogP contribution in [0.1, 0.15) is 24.5 Å². The molecular weight excluding hydrogens is 228 g/mol. The first-order chi connectivity index (χ1) is 8.59. The highest BCUT2D eigenvalue weighted by atomic mass is 15.3. The van der Waals surface area contributed by atoms with Gasteiger partial charge in [0.15, 0.2) is 11.8 Å². The Labute approximate surface area is 108 Å². The molecule has 0 N–H and O–H groups in total. The van der Waals surface area contributed by atoms with Crippen LogP contribution in [0.15, 0.2) is 4.99 Å². The van der Waals surface area contributed by atoms with Gasteiger partial charge in [-0.2, -0.15) is 0 Å². The molecule has 100 valence electrons. The number of fused-ring (bicyclic) bond motifs is 1. The number of aryl methyl sites for hydroxylation is 1. The van der Waals surface area contributed by atoms with Gasteiger partial charge in [0.25, 0.3) is 0 Å². The number of hydrogen-bond donors (Lipinski definition) is 0. The van der Waals surface area contributed by atoms with Gasteiger partial charge in [-0.25, -0.2) is 4.99 Å². The molecule has 1 aliphatic rings. The number of rotatable bonds is 2. The van der Waals surface area contributed by atoms with Crippen LogP contribution in [0, 0.1) is 0 Å². The fourth-order valence-electron chi connectivity index (χ4n) is 2.31. The molecule has 2 heterocycles. The molecule has 0 atom stereocenters. The number of nitrogens with zero attached hydrogens (tertiary/aromatic N) is 6. The lowest BCUT2D eigenvalue weighted by molar-refractivity contribution is 0.475. The Balaban J connectivity index is 2.14. The first-order valence-electron chi connectivity index (χ1n) is 6.39. The quantitative estimate of drug-likeness (QED) is 0.569. The number of hydrogen-bond acceptors (Lipinski definition) is 3. The summed E-state index contributed by atoms with van der Waals surface area (Å²) in [4.78, 5) is 8.63. The lowest BCUT2D eigenvalue weighted by Crippen LogP contribution is -2.35. The summed E-state index contributed by atoms with van der Waals surface area (Å²) in [6.45, 7) is 1.63. The Bertz CT molecular complexity index is 422. The maximum absolute atomic E-state index is 4.62. The third kappa shape index (κ3) is 2.63. The molecule has 0 aromatic carbocycles. The molecule has 0 spiro atoms. The average Bonchev–Trinajstić information content (AvgIpc) is 2.72. The second kappa shape index (κ2) is 5.37. The molecule has 0 bridgehead atoms. The Morgan fingerprint density at radius 2 is 1.89 bits per heavy atom. The van der Waals surface area contributed by atoms with E-state index < -0.39 is 0 Å². The maximum atomic E-state index is 4.62. The topological polar surface area (TPSA) is 49.6 Å². The van der Waals surface area contributed by atoms with Gasteiger partial charge in [0, 0.05) is 41.2 Å². The van der Waals surface area contributed by atoms with Gasteiger partial charge < -0.3 is 14.4 Å². The zero-order valence-corrected chi connectivity index (χ0v) is 11.7. The van der Waals surface area contributed by atoms with Crippen LogP contribution in [0.3, 0.4) is 0 Å². The van der Waals surface area contributed by atoms with Gasteiger partial charge in [-0.1, -0.05) is 0 Å². The Morgan fingerprint density at radius 3 is 2.56 bits per heavy atom. The van der Waals surface area contributed by atoms with Crippen LogP contribution in [0.2, 0.25) is 0 Å². The summed E-state index contributed by atoms with van der Waals surface area (Å²) in [6.07, 6.45) is 3.49. The van der Waals surface area contributed by atoms with E-state index in [0.717, 1.165) is 30.6 Å². The highest BCUT2D eigenvalue weighted by molar-refractivity contribution is 5.79. The zero-order chi connectivity index (χ0) is 13.1. The third-order valence-corrected chi connectivity index (χ3v) is 3.10. The van der Waals surface area contributed by atoms with Crippen molar-refractivity contribution in [2.45, 2.75) is 32.4 Å². The molecular formula is C12H22N6. The van der Waals surface area contributed by atoms with Gasteiger partial charge in [0.2, 0.25) is 0 Å². The predicted octanol–water partition coefficient (Wildman–Crippen LogP) is 0.594. The molecule has 0 saturated heterocycles. The normalized spacial score (nSPS) is 14.0. The standard InChI is InChI=1S/C12H22N6/c1-16(2)12(17(3)4)13-9-11-15-14-10-7-5-6-8-18(10)11/h5-9H2,1-4H3. The lowest BCUT2D eigenvalue weighted by atomic mass is 10.2. The van der Waals surface area contributed by atoms with Gasteiger partial charge in [0.1, 0.15) is 12.4 Å². The van der Waals surface area contributed by atoms with E-state index >= 15 is 0 Å². The molecule has 0 fully saturated rings. The van der Waals surface area contributed by atoms with E-state index in [-0.39, 0.29) is 0 Å². The van der Waals surface area contributed by atoms with Crippen molar-refractivity contribution in [1.82, 2.24) is 24.6 Å². The van der Waals surface area contributed by atoms with E-state index in [1.807, 2.05) is 38.0 Å². The van der Waals surface area contributed by atoms with E-state index in [1.54, 1.807) is 0 Å². The van der Waals surface area contributed by atoms with E-state index in [4.69, 9.17) is 0 Å². The number of guanidine groups is 1. The van der Waals surface area contributed by atoms with Crippen LogP contribution < -0.4 is 0 Å². The van der Waals surface area contributed by atoms with Crippen molar-refractivity contribution in [1.29, 1.82) is 0 Å². The summed E-state index contributed by atoms with van der Waals surface area (Å²) in [7, 11) is 7.99. The molecule has 6 heteroatoms. The van der Waals surface area contributed by atoms with Crippen molar-refractivity contribution in [3.05, 3.63) is 11.6 Å². The molecule has 0 unspecified atom stereocenters. The van der Waals surface area contributed by atoms with Crippen LogP contribution in [0.4, 0.5) is 0 Å². The van der Waals surface area contributed by atoms with Crippen molar-refractivity contribution in [3.63, 3.8) is 0 Å². The van der Waals surface area contributed by atoms with Crippen molar-refractivity contribution in [2.75, 3.05) is 28.2 Å². The monoisotopic (exact) mass is 250 g/mol. The van der Waals surface area contributed by atoms with Crippen LogP contribution in [0.5, 0.6) is 0 Å². The summed E-state index contributed by atoms with van der Waals surface area (Å²) in [5.74, 6) is 3.04. The summed E-state index contributed by atoms with van der Waals surface area (Å²) in [5.41, 5.74) is 0. The molecule has 6 nitrogen and oxygen atoms in total. The summed E-state index contributed by atoms with van der Waals surface area (Å²) in [5, 5.41) is 8.50. The smallest absolute Gasteiger partial charge is 0.195 e. The summed E-state index contributed by atoms with van der Waals surface area (Å²) < 4.78 is 2.22. The number of aromatic nitrogens is 3.